The van der Waals surface area contributed by atoms with Gasteiger partial charge in [-0.2, -0.15) is 0 Å². The zero-order valence-electron chi connectivity index (χ0n) is 59.6. The van der Waals surface area contributed by atoms with E-state index >= 15 is 0 Å². The molecule has 16 rings (SSSR count). The summed E-state index contributed by atoms with van der Waals surface area (Å²) in [6, 6.07) is 31.8. The molecule has 0 radical (unpaired) electrons. The molecule has 530 valence electrons. The second kappa shape index (κ2) is 32.8. The van der Waals surface area contributed by atoms with Gasteiger partial charge in [-0.25, -0.2) is 8.78 Å². The molecule has 6 saturated carbocycles. The molecule has 1 N–H and O–H groups in total. The number of fused-ring (bicyclic) bond motifs is 6. The number of ether oxygens (including phenoxy) is 4. The molecule has 4 saturated heterocycles. The van der Waals surface area contributed by atoms with Crippen LogP contribution >= 0.6 is 11.6 Å². The number of carbonyl (C=O) groups is 1. The molecule has 4 aliphatic heterocycles. The Morgan fingerprint density at radius 3 is 1.65 bits per heavy atom. The van der Waals surface area contributed by atoms with Crippen LogP contribution in [0.2, 0.25) is 5.02 Å². The van der Waals surface area contributed by atoms with E-state index in [9.17, 15) is 18.7 Å². The van der Waals surface area contributed by atoms with Crippen LogP contribution in [0.15, 0.2) is 109 Å². The maximum Gasteiger partial charge on any atom is 0.166 e. The van der Waals surface area contributed by atoms with E-state index in [1.54, 1.807) is 47.5 Å². The number of rotatable bonds is 16. The van der Waals surface area contributed by atoms with E-state index in [1.807, 2.05) is 48.5 Å². The number of methoxy groups -OCH3 is 4. The van der Waals surface area contributed by atoms with Crippen molar-refractivity contribution in [1.29, 1.82) is 0 Å². The molecular formula is C85H113ClF2N4O6. The second-order valence-electron chi connectivity index (χ2n) is 31.7. The van der Waals surface area contributed by atoms with Crippen molar-refractivity contribution < 1.29 is 37.6 Å². The molecule has 98 heavy (non-hydrogen) atoms. The fourth-order valence-corrected chi connectivity index (χ4v) is 20.8. The molecule has 3 unspecified atom stereocenters. The lowest BCUT2D eigenvalue weighted by Gasteiger charge is -2.40. The van der Waals surface area contributed by atoms with Crippen LogP contribution in [0.3, 0.4) is 0 Å². The Kier molecular flexibility index (Phi) is 23.8. The van der Waals surface area contributed by atoms with Gasteiger partial charge in [0, 0.05) is 60.0 Å². The number of ketones is 1. The molecule has 5 aromatic carbocycles. The lowest BCUT2D eigenvalue weighted by Crippen LogP contribution is -2.44. The summed E-state index contributed by atoms with van der Waals surface area (Å²) in [5.41, 5.74) is 5.61. The third-order valence-electron chi connectivity index (χ3n) is 26.1. The van der Waals surface area contributed by atoms with E-state index in [1.165, 1.54) is 172 Å². The number of halogens is 3. The lowest BCUT2D eigenvalue weighted by molar-refractivity contribution is -0.0309. The van der Waals surface area contributed by atoms with Gasteiger partial charge in [-0.15, -0.1) is 0 Å². The van der Waals surface area contributed by atoms with E-state index in [-0.39, 0.29) is 5.78 Å². The third kappa shape index (κ3) is 16.6. The number of allylic oxidation sites excluding steroid dienone is 2. The van der Waals surface area contributed by atoms with Gasteiger partial charge in [-0.3, -0.25) is 4.79 Å². The van der Waals surface area contributed by atoms with Gasteiger partial charge in [-0.05, 0) is 310 Å². The van der Waals surface area contributed by atoms with E-state index in [2.05, 4.69) is 62.1 Å². The van der Waals surface area contributed by atoms with Crippen LogP contribution in [0, 0.1) is 59.0 Å². The Labute approximate surface area is 590 Å². The standard InChI is InChI=1S/C25H29F2NO.C21H29NO2.C20H26ClNO2.C19H29NO/c1-29-24-8-7-18(20-3-2-4-22(26)25(20)27)15-21(24)17-9-11-28(12-10-17)23-14-16-5-6-19(23)13-16;1-14(23)17-5-6-21(24-2)19(13-17)16-7-9-22(10-8-16)20-12-15-3-4-18(20)11-15;1-24-19-5-4-17(21)12-18(19)20(23)6-8-22(9-7-20)13-16-11-14-2-3-15(16)10-14;1-21-19-10-6-5-9-18(19)17-11-13-20(14-12-17)15-16-7-3-2-4-8-16/h2-4,7-8,15-17,19,23H,5-6,9-14H2,1H3;5-6,13,15-16,18,20H,3-4,7-12H2,1-2H3;2-5,12,14-16,23H,6-11,13H2,1H3;5-6,9-10,16-17H,2-4,7-8,11-15H2,1H3/t16-,19?,23+;15-,18?,20-;14-,15?,16-;/m000./s1. The average Bonchev–Trinajstić information content (AvgIpc) is 1.58. The van der Waals surface area contributed by atoms with Crippen molar-refractivity contribution >= 4 is 17.4 Å². The Morgan fingerprint density at radius 1 is 0.531 bits per heavy atom. The van der Waals surface area contributed by atoms with Crippen LogP contribution in [0.4, 0.5) is 8.78 Å². The minimum Gasteiger partial charge on any atom is -0.496 e. The van der Waals surface area contributed by atoms with Crippen molar-refractivity contribution in [3.8, 4) is 34.1 Å². The molecule has 5 aromatic rings. The highest BCUT2D eigenvalue weighted by molar-refractivity contribution is 6.30. The Hall–Kier alpha value is -5.34. The topological polar surface area (TPSA) is 87.2 Å². The van der Waals surface area contributed by atoms with Gasteiger partial charge in [-0.1, -0.05) is 92.3 Å². The summed E-state index contributed by atoms with van der Waals surface area (Å²) in [5, 5.41) is 11.8. The normalized spacial score (nSPS) is 28.2. The molecule has 4 heterocycles. The number of benzene rings is 5. The fraction of sp³-hybridized carbons (Fsp3) is 0.612. The van der Waals surface area contributed by atoms with Crippen LogP contribution in [0.25, 0.3) is 11.1 Å². The first-order chi connectivity index (χ1) is 47.7. The maximum atomic E-state index is 14.3. The van der Waals surface area contributed by atoms with E-state index in [0.717, 1.165) is 157 Å². The molecule has 7 aliphatic carbocycles. The zero-order chi connectivity index (χ0) is 67.9. The highest BCUT2D eigenvalue weighted by atomic mass is 35.5. The molecule has 0 aromatic heterocycles. The predicted octanol–water partition coefficient (Wildman–Crippen LogP) is 18.6. The molecule has 9 atom stereocenters. The lowest BCUT2D eigenvalue weighted by atomic mass is 9.83. The number of piperidine rings is 4. The summed E-state index contributed by atoms with van der Waals surface area (Å²) in [7, 11) is 6.85. The molecule has 0 spiro atoms. The van der Waals surface area contributed by atoms with Crippen molar-refractivity contribution in [2.24, 2.45) is 47.3 Å². The number of Topliss-reactive ketones (excluding diaryl/α,β-unsaturated/α-hetero) is 1. The van der Waals surface area contributed by atoms with E-state index in [4.69, 9.17) is 30.5 Å². The second-order valence-corrected chi connectivity index (χ2v) is 32.2. The number of hydrogen-bond acceptors (Lipinski definition) is 10. The summed E-state index contributed by atoms with van der Waals surface area (Å²) >= 11 is 6.15. The Bertz CT molecular complexity index is 3470. The summed E-state index contributed by atoms with van der Waals surface area (Å²) in [4.78, 5) is 22.5. The first-order valence-electron chi connectivity index (χ1n) is 38.3. The quantitative estimate of drug-likeness (QED) is 0.0761. The van der Waals surface area contributed by atoms with Crippen molar-refractivity contribution in [2.75, 3.05) is 93.9 Å². The largest absolute Gasteiger partial charge is 0.496 e. The first kappa shape index (κ1) is 71.1. The SMILES string of the molecule is COc1ccc(-c2cccc(F)c2F)cc1C1CCN([C@@H]2C[C@H]3CCC2C3)CC1.COc1ccc(C(C)=O)cc1C1CCN([C@H]2C[C@H]3CCC2C3)CC1.COc1ccc(Cl)cc1C1(O)CCN(C[C@@H]2C[C@H]3C=CC2C3)CC1.COc1ccccc1C1CCN(CC2CCCCC2)CC1. The molecule has 0 amide bonds. The van der Waals surface area contributed by atoms with Gasteiger partial charge >= 0.3 is 0 Å². The monoisotopic (exact) mass is 1360 g/mol. The summed E-state index contributed by atoms with van der Waals surface area (Å²) in [5.74, 6) is 11.0. The van der Waals surface area contributed by atoms with Gasteiger partial charge < -0.3 is 43.7 Å². The number of hydrogen-bond donors (Lipinski definition) is 1. The summed E-state index contributed by atoms with van der Waals surface area (Å²) in [6.07, 6.45) is 35.0. The molecule has 6 bridgehead atoms. The zero-order valence-corrected chi connectivity index (χ0v) is 60.4. The first-order valence-corrected chi connectivity index (χ1v) is 38.7. The highest BCUT2D eigenvalue weighted by Crippen LogP contribution is 2.51. The van der Waals surface area contributed by atoms with Crippen LogP contribution in [0.1, 0.15) is 205 Å². The van der Waals surface area contributed by atoms with Crippen molar-refractivity contribution in [3.63, 3.8) is 0 Å². The number of aliphatic hydroxyl groups is 1. The minimum atomic E-state index is -0.832. The van der Waals surface area contributed by atoms with Crippen LogP contribution in [-0.2, 0) is 5.60 Å². The van der Waals surface area contributed by atoms with Crippen LogP contribution in [-0.4, -0.2) is 136 Å². The van der Waals surface area contributed by atoms with Crippen molar-refractivity contribution in [3.05, 3.63) is 154 Å². The Balaban J connectivity index is 0.000000118. The number of likely N-dealkylation sites (tertiary alicyclic amines) is 4. The van der Waals surface area contributed by atoms with E-state index in [0.29, 0.717) is 33.9 Å². The smallest absolute Gasteiger partial charge is 0.166 e. The van der Waals surface area contributed by atoms with Gasteiger partial charge in [0.05, 0.1) is 34.0 Å². The predicted molar refractivity (Wildman–Crippen MR) is 391 cm³/mol. The van der Waals surface area contributed by atoms with Gasteiger partial charge in [0.2, 0.25) is 0 Å². The summed E-state index contributed by atoms with van der Waals surface area (Å²) in [6.45, 7) is 13.2. The van der Waals surface area contributed by atoms with E-state index < -0.39 is 17.2 Å². The van der Waals surface area contributed by atoms with Gasteiger partial charge in [0.1, 0.15) is 23.0 Å². The molecule has 10 fully saturated rings. The number of para-hydroxylation sites is 1. The fourth-order valence-electron chi connectivity index (χ4n) is 20.6. The Morgan fingerprint density at radius 2 is 1.09 bits per heavy atom. The number of carbonyl (C=O) groups excluding carboxylic acids is 1. The molecule has 13 heteroatoms. The van der Waals surface area contributed by atoms with Crippen molar-refractivity contribution in [1.82, 2.24) is 19.6 Å². The third-order valence-corrected chi connectivity index (χ3v) is 26.3. The molecule has 10 nitrogen and oxygen atoms in total. The molecular weight excluding hydrogens is 1250 g/mol. The van der Waals surface area contributed by atoms with Gasteiger partial charge in [0.15, 0.2) is 17.4 Å². The number of nitrogens with zero attached hydrogens (tertiary/aromatic N) is 4. The van der Waals surface area contributed by atoms with Crippen molar-refractivity contribution in [2.45, 2.75) is 190 Å². The van der Waals surface area contributed by atoms with Crippen LogP contribution < -0.4 is 18.9 Å². The van der Waals surface area contributed by atoms with Crippen LogP contribution in [0.5, 0.6) is 23.0 Å². The average molecular weight is 1360 g/mol. The summed E-state index contributed by atoms with van der Waals surface area (Å²) < 4.78 is 50.2. The maximum absolute atomic E-state index is 14.3. The molecule has 11 aliphatic rings. The minimum absolute atomic E-state index is 0.137. The highest BCUT2D eigenvalue weighted by Gasteiger charge is 2.45. The van der Waals surface area contributed by atoms with Gasteiger partial charge in [0.25, 0.3) is 0 Å².